The molecule has 2 amide bonds. The second-order valence-corrected chi connectivity index (χ2v) is 7.79. The number of nitrogens with one attached hydrogen (secondary N) is 1. The molecule has 0 fully saturated rings. The molecule has 0 spiro atoms. The highest BCUT2D eigenvalue weighted by molar-refractivity contribution is 5.88. The summed E-state index contributed by atoms with van der Waals surface area (Å²) in [6.07, 6.45) is 0.262. The standard InChI is InChI=1S/C24H32N2O3/c1-17(2)15-25-24(28)19(4)26(16-20-10-8-12-22(13-20)29-5)23(27)14-21-11-7-6-9-18(21)3/h6-13,17,19H,14-16H2,1-5H3,(H,25,28)/t19-/m1/s1. The van der Waals surface area contributed by atoms with Gasteiger partial charge in [0.05, 0.1) is 13.5 Å². The summed E-state index contributed by atoms with van der Waals surface area (Å²) in [7, 11) is 1.61. The van der Waals surface area contributed by atoms with E-state index in [9.17, 15) is 9.59 Å². The van der Waals surface area contributed by atoms with Crippen LogP contribution in [0.4, 0.5) is 0 Å². The molecule has 2 aromatic carbocycles. The Kier molecular flexibility index (Phi) is 8.25. The quantitative estimate of drug-likeness (QED) is 0.703. The van der Waals surface area contributed by atoms with E-state index in [1.807, 2.05) is 69.3 Å². The van der Waals surface area contributed by atoms with Gasteiger partial charge in [0.1, 0.15) is 11.8 Å². The summed E-state index contributed by atoms with van der Waals surface area (Å²) in [5, 5.41) is 2.94. The van der Waals surface area contributed by atoms with Crippen LogP contribution in [0.25, 0.3) is 0 Å². The first kappa shape index (κ1) is 22.5. The maximum atomic E-state index is 13.2. The van der Waals surface area contributed by atoms with Crippen molar-refractivity contribution in [2.75, 3.05) is 13.7 Å². The first-order chi connectivity index (χ1) is 13.8. The summed E-state index contributed by atoms with van der Waals surface area (Å²) in [5.41, 5.74) is 2.97. The molecule has 2 aromatic rings. The van der Waals surface area contributed by atoms with Gasteiger partial charge in [-0.15, -0.1) is 0 Å². The summed E-state index contributed by atoms with van der Waals surface area (Å²) in [4.78, 5) is 27.6. The van der Waals surface area contributed by atoms with Crippen molar-refractivity contribution in [2.24, 2.45) is 5.92 Å². The number of amides is 2. The zero-order valence-electron chi connectivity index (χ0n) is 18.1. The molecule has 0 aromatic heterocycles. The van der Waals surface area contributed by atoms with E-state index in [0.717, 1.165) is 22.4 Å². The van der Waals surface area contributed by atoms with Gasteiger partial charge in [0.2, 0.25) is 11.8 Å². The van der Waals surface area contributed by atoms with E-state index in [1.165, 1.54) is 0 Å². The van der Waals surface area contributed by atoms with Crippen LogP contribution >= 0.6 is 0 Å². The second kappa shape index (κ2) is 10.6. The fourth-order valence-electron chi connectivity index (χ4n) is 3.08. The van der Waals surface area contributed by atoms with Crippen LogP contribution in [0.15, 0.2) is 48.5 Å². The normalized spacial score (nSPS) is 11.8. The highest BCUT2D eigenvalue weighted by atomic mass is 16.5. The van der Waals surface area contributed by atoms with Crippen LogP contribution in [-0.4, -0.2) is 36.4 Å². The highest BCUT2D eigenvalue weighted by Crippen LogP contribution is 2.18. The molecule has 0 bridgehead atoms. The Morgan fingerprint density at radius 1 is 1.07 bits per heavy atom. The minimum absolute atomic E-state index is 0.0747. The largest absolute Gasteiger partial charge is 0.497 e. The van der Waals surface area contributed by atoms with Gasteiger partial charge in [-0.3, -0.25) is 9.59 Å². The second-order valence-electron chi connectivity index (χ2n) is 7.79. The van der Waals surface area contributed by atoms with E-state index in [-0.39, 0.29) is 18.2 Å². The number of hydrogen-bond acceptors (Lipinski definition) is 3. The van der Waals surface area contributed by atoms with Crippen molar-refractivity contribution in [1.82, 2.24) is 10.2 Å². The van der Waals surface area contributed by atoms with Gasteiger partial charge in [0.15, 0.2) is 0 Å². The maximum absolute atomic E-state index is 13.2. The van der Waals surface area contributed by atoms with Crippen molar-refractivity contribution in [3.63, 3.8) is 0 Å². The summed E-state index contributed by atoms with van der Waals surface area (Å²) in [6.45, 7) is 8.80. The summed E-state index contributed by atoms with van der Waals surface area (Å²) < 4.78 is 5.30. The SMILES string of the molecule is COc1cccc(CN(C(=O)Cc2ccccc2C)[C@H](C)C(=O)NCC(C)C)c1. The van der Waals surface area contributed by atoms with E-state index >= 15 is 0 Å². The lowest BCUT2D eigenvalue weighted by atomic mass is 10.0. The van der Waals surface area contributed by atoms with Gasteiger partial charge in [0.25, 0.3) is 0 Å². The molecular weight excluding hydrogens is 364 g/mol. The third-order valence-corrected chi connectivity index (χ3v) is 4.94. The number of methoxy groups -OCH3 is 1. The third-order valence-electron chi connectivity index (χ3n) is 4.94. The lowest BCUT2D eigenvalue weighted by molar-refractivity contribution is -0.140. The molecule has 0 saturated carbocycles. The van der Waals surface area contributed by atoms with Gasteiger partial charge in [-0.2, -0.15) is 0 Å². The summed E-state index contributed by atoms with van der Waals surface area (Å²) in [6, 6.07) is 14.9. The predicted molar refractivity (Wildman–Crippen MR) is 116 cm³/mol. The lowest BCUT2D eigenvalue weighted by Crippen LogP contribution is -2.48. The number of aryl methyl sites for hydroxylation is 1. The van der Waals surface area contributed by atoms with Crippen molar-refractivity contribution in [2.45, 2.75) is 46.7 Å². The lowest BCUT2D eigenvalue weighted by Gasteiger charge is -2.29. The molecule has 0 heterocycles. The van der Waals surface area contributed by atoms with Crippen LogP contribution in [0.3, 0.4) is 0 Å². The summed E-state index contributed by atoms with van der Waals surface area (Å²) >= 11 is 0. The number of carbonyl (C=O) groups is 2. The Morgan fingerprint density at radius 2 is 1.79 bits per heavy atom. The molecule has 0 aliphatic heterocycles. The Hall–Kier alpha value is -2.82. The number of nitrogens with zero attached hydrogens (tertiary/aromatic N) is 1. The molecule has 0 radical (unpaired) electrons. The molecule has 0 saturated heterocycles. The number of benzene rings is 2. The predicted octanol–water partition coefficient (Wildman–Crippen LogP) is 3.74. The van der Waals surface area contributed by atoms with Crippen molar-refractivity contribution < 1.29 is 14.3 Å². The van der Waals surface area contributed by atoms with Gasteiger partial charge in [-0.1, -0.05) is 50.2 Å². The molecule has 0 aliphatic rings. The van der Waals surface area contributed by atoms with E-state index in [0.29, 0.717) is 19.0 Å². The fourth-order valence-corrected chi connectivity index (χ4v) is 3.08. The number of rotatable bonds is 9. The van der Waals surface area contributed by atoms with Crippen molar-refractivity contribution in [1.29, 1.82) is 0 Å². The topological polar surface area (TPSA) is 58.6 Å². The molecule has 1 N–H and O–H groups in total. The van der Waals surface area contributed by atoms with Crippen LogP contribution in [0.1, 0.15) is 37.5 Å². The van der Waals surface area contributed by atoms with Crippen LogP contribution in [-0.2, 0) is 22.6 Å². The molecule has 1 atom stereocenters. The Morgan fingerprint density at radius 3 is 2.45 bits per heavy atom. The Labute approximate surface area is 174 Å². The van der Waals surface area contributed by atoms with E-state index in [1.54, 1.807) is 18.9 Å². The monoisotopic (exact) mass is 396 g/mol. The van der Waals surface area contributed by atoms with Crippen LogP contribution in [0.2, 0.25) is 0 Å². The van der Waals surface area contributed by atoms with Gasteiger partial charge < -0.3 is 15.0 Å². The molecule has 156 valence electrons. The van der Waals surface area contributed by atoms with E-state index in [2.05, 4.69) is 5.32 Å². The summed E-state index contributed by atoms with van der Waals surface area (Å²) in [5.74, 6) is 0.861. The zero-order chi connectivity index (χ0) is 21.4. The Bertz CT molecular complexity index is 832. The van der Waals surface area contributed by atoms with Crippen LogP contribution in [0, 0.1) is 12.8 Å². The van der Waals surface area contributed by atoms with Gasteiger partial charge in [-0.25, -0.2) is 0 Å². The number of carbonyl (C=O) groups excluding carboxylic acids is 2. The molecular formula is C24H32N2O3. The maximum Gasteiger partial charge on any atom is 0.242 e. The van der Waals surface area contributed by atoms with E-state index in [4.69, 9.17) is 4.74 Å². The van der Waals surface area contributed by atoms with E-state index < -0.39 is 6.04 Å². The minimum Gasteiger partial charge on any atom is -0.497 e. The zero-order valence-corrected chi connectivity index (χ0v) is 18.1. The smallest absolute Gasteiger partial charge is 0.242 e. The molecule has 0 aliphatic carbocycles. The Balaban J connectivity index is 2.24. The first-order valence-electron chi connectivity index (χ1n) is 10.1. The minimum atomic E-state index is -0.573. The van der Waals surface area contributed by atoms with Crippen molar-refractivity contribution >= 4 is 11.8 Å². The third kappa shape index (κ3) is 6.63. The van der Waals surface area contributed by atoms with Gasteiger partial charge in [0, 0.05) is 13.1 Å². The van der Waals surface area contributed by atoms with Crippen molar-refractivity contribution in [3.05, 3.63) is 65.2 Å². The fraction of sp³-hybridized carbons (Fsp3) is 0.417. The molecule has 29 heavy (non-hydrogen) atoms. The van der Waals surface area contributed by atoms with Crippen LogP contribution < -0.4 is 10.1 Å². The number of ether oxygens (including phenoxy) is 1. The number of hydrogen-bond donors (Lipinski definition) is 1. The molecule has 5 nitrogen and oxygen atoms in total. The highest BCUT2D eigenvalue weighted by Gasteiger charge is 2.26. The first-order valence-corrected chi connectivity index (χ1v) is 10.1. The molecule has 5 heteroatoms. The van der Waals surface area contributed by atoms with Crippen LogP contribution in [0.5, 0.6) is 5.75 Å². The van der Waals surface area contributed by atoms with Crippen molar-refractivity contribution in [3.8, 4) is 5.75 Å². The molecule has 0 unspecified atom stereocenters. The molecule has 2 rings (SSSR count). The van der Waals surface area contributed by atoms with Gasteiger partial charge in [-0.05, 0) is 48.6 Å². The van der Waals surface area contributed by atoms with Gasteiger partial charge >= 0.3 is 0 Å². The average Bonchev–Trinajstić information content (AvgIpc) is 2.71. The average molecular weight is 397 g/mol.